The van der Waals surface area contributed by atoms with Gasteiger partial charge in [-0.3, -0.25) is 4.79 Å². The van der Waals surface area contributed by atoms with E-state index < -0.39 is 11.9 Å². The van der Waals surface area contributed by atoms with E-state index in [0.29, 0.717) is 12.5 Å². The summed E-state index contributed by atoms with van der Waals surface area (Å²) in [7, 11) is 0. The van der Waals surface area contributed by atoms with Crippen molar-refractivity contribution in [3.8, 4) is 0 Å². The third kappa shape index (κ3) is 1.58. The summed E-state index contributed by atoms with van der Waals surface area (Å²) in [5.41, 5.74) is 3.16. The van der Waals surface area contributed by atoms with Crippen molar-refractivity contribution in [2.45, 2.75) is 25.7 Å². The normalized spacial score (nSPS) is 18.7. The molecule has 0 fully saturated rings. The maximum absolute atomic E-state index is 11.0. The first-order valence-electron chi connectivity index (χ1n) is 5.20. The largest absolute Gasteiger partial charge is 0.481 e. The minimum absolute atomic E-state index is 0.390. The van der Waals surface area contributed by atoms with Gasteiger partial charge in [0.05, 0.1) is 0 Å². The molecule has 0 aromatic heterocycles. The number of carbonyl (C=O) groups is 1. The molecule has 1 aromatic carbocycles. The second-order valence-corrected chi connectivity index (χ2v) is 4.24. The third-order valence-electron chi connectivity index (χ3n) is 2.91. The van der Waals surface area contributed by atoms with Crippen LogP contribution in [0.15, 0.2) is 18.2 Å². The molecule has 0 spiro atoms. The fourth-order valence-electron chi connectivity index (χ4n) is 2.10. The SMILES string of the molecule is CC(C)c1cccc2c1NCC2C(=O)O. The van der Waals surface area contributed by atoms with E-state index in [0.717, 1.165) is 11.3 Å². The van der Waals surface area contributed by atoms with Crippen LogP contribution in [0.1, 0.15) is 36.8 Å². The summed E-state index contributed by atoms with van der Waals surface area (Å²) in [5, 5.41) is 12.3. The highest BCUT2D eigenvalue weighted by Gasteiger charge is 2.29. The average molecular weight is 205 g/mol. The zero-order chi connectivity index (χ0) is 11.0. The summed E-state index contributed by atoms with van der Waals surface area (Å²) in [6, 6.07) is 5.90. The number of rotatable bonds is 2. The van der Waals surface area contributed by atoms with Crippen molar-refractivity contribution in [3.63, 3.8) is 0 Å². The number of hydrogen-bond donors (Lipinski definition) is 2. The van der Waals surface area contributed by atoms with Gasteiger partial charge in [0.2, 0.25) is 0 Å². The fourth-order valence-corrected chi connectivity index (χ4v) is 2.10. The molecule has 2 rings (SSSR count). The standard InChI is InChI=1S/C12H15NO2/c1-7(2)8-4-3-5-9-10(12(14)15)6-13-11(8)9/h3-5,7,10,13H,6H2,1-2H3,(H,14,15). The third-order valence-corrected chi connectivity index (χ3v) is 2.91. The molecule has 0 bridgehead atoms. The Morgan fingerprint density at radius 2 is 2.27 bits per heavy atom. The summed E-state index contributed by atoms with van der Waals surface area (Å²) in [6.45, 7) is 4.74. The van der Waals surface area contributed by atoms with E-state index in [-0.39, 0.29) is 0 Å². The Balaban J connectivity index is 2.48. The number of hydrogen-bond acceptors (Lipinski definition) is 2. The molecule has 15 heavy (non-hydrogen) atoms. The van der Waals surface area contributed by atoms with Gasteiger partial charge in [-0.2, -0.15) is 0 Å². The number of para-hydroxylation sites is 1. The number of anilines is 1. The molecule has 1 aliphatic rings. The lowest BCUT2D eigenvalue weighted by atomic mass is 9.94. The van der Waals surface area contributed by atoms with Gasteiger partial charge >= 0.3 is 5.97 Å². The van der Waals surface area contributed by atoms with Gasteiger partial charge in [0, 0.05) is 12.2 Å². The van der Waals surface area contributed by atoms with Gasteiger partial charge in [0.25, 0.3) is 0 Å². The zero-order valence-corrected chi connectivity index (χ0v) is 8.95. The van der Waals surface area contributed by atoms with Gasteiger partial charge in [0.1, 0.15) is 5.92 Å². The van der Waals surface area contributed by atoms with Crippen LogP contribution in [0.2, 0.25) is 0 Å². The fraction of sp³-hybridized carbons (Fsp3) is 0.417. The summed E-state index contributed by atoms with van der Waals surface area (Å²) in [4.78, 5) is 11.0. The minimum Gasteiger partial charge on any atom is -0.481 e. The lowest BCUT2D eigenvalue weighted by molar-refractivity contribution is -0.138. The van der Waals surface area contributed by atoms with Crippen LogP contribution in [-0.4, -0.2) is 17.6 Å². The second kappa shape index (κ2) is 3.57. The molecule has 1 unspecified atom stereocenters. The summed E-state index contributed by atoms with van der Waals surface area (Å²) >= 11 is 0. The summed E-state index contributed by atoms with van der Waals surface area (Å²) in [6.07, 6.45) is 0. The molecule has 0 saturated heterocycles. The van der Waals surface area contributed by atoms with Crippen LogP contribution in [-0.2, 0) is 4.79 Å². The van der Waals surface area contributed by atoms with Crippen LogP contribution in [0, 0.1) is 0 Å². The number of fused-ring (bicyclic) bond motifs is 1. The highest BCUT2D eigenvalue weighted by Crippen LogP contribution is 2.37. The lowest BCUT2D eigenvalue weighted by Gasteiger charge is -2.11. The Kier molecular flexibility index (Phi) is 2.39. The Labute approximate surface area is 89.1 Å². The molecule has 2 N–H and O–H groups in total. The molecular weight excluding hydrogens is 190 g/mol. The molecule has 0 saturated carbocycles. The first kappa shape index (κ1) is 10.0. The van der Waals surface area contributed by atoms with Gasteiger partial charge in [-0.1, -0.05) is 32.0 Å². The Morgan fingerprint density at radius 1 is 1.53 bits per heavy atom. The zero-order valence-electron chi connectivity index (χ0n) is 8.95. The van der Waals surface area contributed by atoms with Crippen LogP contribution in [0.4, 0.5) is 5.69 Å². The summed E-state index contributed by atoms with van der Waals surface area (Å²) < 4.78 is 0. The molecule has 1 aliphatic heterocycles. The van der Waals surface area contributed by atoms with Gasteiger partial charge in [-0.25, -0.2) is 0 Å². The predicted octanol–water partition coefficient (Wildman–Crippen LogP) is 2.40. The van der Waals surface area contributed by atoms with Crippen molar-refractivity contribution in [2.24, 2.45) is 0 Å². The average Bonchev–Trinajstić information content (AvgIpc) is 2.59. The highest BCUT2D eigenvalue weighted by molar-refractivity contribution is 5.83. The van der Waals surface area contributed by atoms with Crippen molar-refractivity contribution >= 4 is 11.7 Å². The smallest absolute Gasteiger partial charge is 0.312 e. The molecule has 80 valence electrons. The van der Waals surface area contributed by atoms with Crippen molar-refractivity contribution < 1.29 is 9.90 Å². The van der Waals surface area contributed by atoms with Gasteiger partial charge in [-0.05, 0) is 17.0 Å². The maximum Gasteiger partial charge on any atom is 0.312 e. The van der Waals surface area contributed by atoms with Crippen molar-refractivity contribution in [2.75, 3.05) is 11.9 Å². The van der Waals surface area contributed by atoms with Crippen LogP contribution < -0.4 is 5.32 Å². The van der Waals surface area contributed by atoms with E-state index in [4.69, 9.17) is 5.11 Å². The van der Waals surface area contributed by atoms with E-state index in [9.17, 15) is 4.79 Å². The molecular formula is C12H15NO2. The number of benzene rings is 1. The number of carboxylic acid groups (broad SMARTS) is 1. The Morgan fingerprint density at radius 3 is 2.87 bits per heavy atom. The van der Waals surface area contributed by atoms with E-state index in [1.807, 2.05) is 12.1 Å². The van der Waals surface area contributed by atoms with Gasteiger partial charge < -0.3 is 10.4 Å². The topological polar surface area (TPSA) is 49.3 Å². The van der Waals surface area contributed by atoms with Crippen LogP contribution in [0.25, 0.3) is 0 Å². The molecule has 3 nitrogen and oxygen atoms in total. The molecule has 3 heteroatoms. The lowest BCUT2D eigenvalue weighted by Crippen LogP contribution is -2.12. The number of carboxylic acids is 1. The van der Waals surface area contributed by atoms with E-state index in [1.165, 1.54) is 5.56 Å². The maximum atomic E-state index is 11.0. The van der Waals surface area contributed by atoms with Gasteiger partial charge in [0.15, 0.2) is 0 Å². The molecule has 1 heterocycles. The van der Waals surface area contributed by atoms with E-state index in [2.05, 4.69) is 25.2 Å². The quantitative estimate of drug-likeness (QED) is 0.779. The van der Waals surface area contributed by atoms with E-state index >= 15 is 0 Å². The minimum atomic E-state index is -0.748. The van der Waals surface area contributed by atoms with Crippen LogP contribution in [0.3, 0.4) is 0 Å². The van der Waals surface area contributed by atoms with Crippen molar-refractivity contribution in [3.05, 3.63) is 29.3 Å². The first-order valence-corrected chi connectivity index (χ1v) is 5.20. The predicted molar refractivity (Wildman–Crippen MR) is 59.4 cm³/mol. The first-order chi connectivity index (χ1) is 7.11. The van der Waals surface area contributed by atoms with Crippen LogP contribution >= 0.6 is 0 Å². The molecule has 1 aromatic rings. The van der Waals surface area contributed by atoms with Crippen LogP contribution in [0.5, 0.6) is 0 Å². The number of nitrogens with one attached hydrogen (secondary N) is 1. The van der Waals surface area contributed by atoms with Gasteiger partial charge in [-0.15, -0.1) is 0 Å². The molecule has 0 radical (unpaired) electrons. The molecule has 1 atom stereocenters. The van der Waals surface area contributed by atoms with Crippen molar-refractivity contribution in [1.82, 2.24) is 0 Å². The molecule has 0 aliphatic carbocycles. The monoisotopic (exact) mass is 205 g/mol. The van der Waals surface area contributed by atoms with Crippen molar-refractivity contribution in [1.29, 1.82) is 0 Å². The van der Waals surface area contributed by atoms with E-state index in [1.54, 1.807) is 0 Å². The Bertz CT molecular complexity index is 399. The highest BCUT2D eigenvalue weighted by atomic mass is 16.4. The molecule has 0 amide bonds. The summed E-state index contributed by atoms with van der Waals surface area (Å²) in [5.74, 6) is -0.721. The number of aliphatic carboxylic acids is 1. The second-order valence-electron chi connectivity index (χ2n) is 4.24. The Hall–Kier alpha value is -1.51.